The molecular formula is C35H44N6O7. The molecule has 2 aromatic heterocycles. The van der Waals surface area contributed by atoms with Crippen LogP contribution in [0.25, 0.3) is 5.52 Å². The molecule has 2 aliphatic rings. The van der Waals surface area contributed by atoms with Gasteiger partial charge in [-0.3, -0.25) is 4.79 Å². The molecule has 5 rings (SSSR count). The van der Waals surface area contributed by atoms with Gasteiger partial charge in [0.05, 0.1) is 18.4 Å². The van der Waals surface area contributed by atoms with E-state index in [1.165, 1.54) is 10.8 Å². The van der Waals surface area contributed by atoms with Crippen LogP contribution in [0.2, 0.25) is 0 Å². The standard InChI is InChI=1S/C35H44N6O7/c1-34(2,3)48-33(45)40-25(16-22-10-6-4-7-11-22)32(44)46-19-24-18-35(20-36,27-15-14-26-31(37)38-21-39-41(26)27)30(43)29(24)47-28(42)17-23-12-8-5-9-13-23/h4,6-7,10-11,14-15,21,23-25,29-30,43H,5,8-9,12-13,16-19H2,1-3H3,(H,40,45)(H2,37,38,39)/t24-,25+,29-,30-,35-/m1/s1. The molecule has 256 valence electrons. The second-order valence-corrected chi connectivity index (χ2v) is 13.8. The van der Waals surface area contributed by atoms with Gasteiger partial charge in [-0.15, -0.1) is 0 Å². The van der Waals surface area contributed by atoms with E-state index in [0.29, 0.717) is 11.2 Å². The average molecular weight is 661 g/mol. The molecule has 1 amide bonds. The van der Waals surface area contributed by atoms with Crippen LogP contribution in [0, 0.1) is 23.2 Å². The van der Waals surface area contributed by atoms with Gasteiger partial charge in [0.15, 0.2) is 5.82 Å². The van der Waals surface area contributed by atoms with Gasteiger partial charge in [0, 0.05) is 18.8 Å². The number of nitrogens with zero attached hydrogens (tertiary/aromatic N) is 4. The van der Waals surface area contributed by atoms with Crippen molar-refractivity contribution < 1.29 is 33.7 Å². The fourth-order valence-electron chi connectivity index (χ4n) is 6.83. The van der Waals surface area contributed by atoms with Gasteiger partial charge in [-0.05, 0) is 63.6 Å². The zero-order chi connectivity index (χ0) is 34.5. The summed E-state index contributed by atoms with van der Waals surface area (Å²) in [6.45, 7) is 4.86. The van der Waals surface area contributed by atoms with Crippen LogP contribution in [0.3, 0.4) is 0 Å². The molecule has 0 saturated heterocycles. The summed E-state index contributed by atoms with van der Waals surface area (Å²) in [5.41, 5.74) is 5.25. The molecule has 13 heteroatoms. The number of alkyl carbamates (subject to hydrolysis) is 1. The van der Waals surface area contributed by atoms with Crippen molar-refractivity contribution in [3.8, 4) is 6.07 Å². The first-order chi connectivity index (χ1) is 22.9. The van der Waals surface area contributed by atoms with Crippen molar-refractivity contribution >= 4 is 29.4 Å². The van der Waals surface area contributed by atoms with Gasteiger partial charge < -0.3 is 30.4 Å². The Kier molecular flexibility index (Phi) is 10.5. The van der Waals surface area contributed by atoms with E-state index in [-0.39, 0.29) is 37.6 Å². The van der Waals surface area contributed by atoms with Crippen molar-refractivity contribution in [2.45, 2.75) is 101 Å². The molecule has 48 heavy (non-hydrogen) atoms. The third-order valence-electron chi connectivity index (χ3n) is 9.15. The quantitative estimate of drug-likeness (QED) is 0.210. The molecule has 0 aliphatic heterocycles. The van der Waals surface area contributed by atoms with Crippen LogP contribution < -0.4 is 11.1 Å². The van der Waals surface area contributed by atoms with E-state index < -0.39 is 53.2 Å². The number of carbonyl (C=O) groups excluding carboxylic acids is 3. The Bertz CT molecular complexity index is 1640. The number of nitrogens with one attached hydrogen (secondary N) is 1. The number of fused-ring (bicyclic) bond motifs is 1. The molecule has 2 fully saturated rings. The fourth-order valence-corrected chi connectivity index (χ4v) is 6.83. The van der Waals surface area contributed by atoms with E-state index in [1.54, 1.807) is 32.9 Å². The summed E-state index contributed by atoms with van der Waals surface area (Å²) >= 11 is 0. The van der Waals surface area contributed by atoms with Crippen molar-refractivity contribution in [3.63, 3.8) is 0 Å². The Morgan fingerprint density at radius 3 is 2.56 bits per heavy atom. The Labute approximate surface area is 279 Å². The molecule has 0 bridgehead atoms. The minimum atomic E-state index is -1.59. The van der Waals surface area contributed by atoms with Crippen LogP contribution in [0.15, 0.2) is 48.8 Å². The molecule has 0 spiro atoms. The summed E-state index contributed by atoms with van der Waals surface area (Å²) < 4.78 is 18.6. The maximum Gasteiger partial charge on any atom is 0.408 e. The molecular weight excluding hydrogens is 616 g/mol. The zero-order valence-electron chi connectivity index (χ0n) is 27.6. The molecule has 1 aromatic carbocycles. The zero-order valence-corrected chi connectivity index (χ0v) is 27.6. The Morgan fingerprint density at radius 1 is 1.15 bits per heavy atom. The number of nitrogens with two attached hydrogens (primary N) is 1. The highest BCUT2D eigenvalue weighted by Crippen LogP contribution is 2.46. The number of hydrogen-bond acceptors (Lipinski definition) is 11. The largest absolute Gasteiger partial charge is 0.464 e. The first-order valence-electron chi connectivity index (χ1n) is 16.5. The number of amides is 1. The molecule has 13 nitrogen and oxygen atoms in total. The summed E-state index contributed by atoms with van der Waals surface area (Å²) in [5.74, 6) is -1.60. The smallest absolute Gasteiger partial charge is 0.408 e. The highest BCUT2D eigenvalue weighted by molar-refractivity contribution is 5.82. The number of aromatic nitrogens is 3. The van der Waals surface area contributed by atoms with Gasteiger partial charge >= 0.3 is 18.0 Å². The lowest BCUT2D eigenvalue weighted by Crippen LogP contribution is -2.46. The Hall–Kier alpha value is -4.70. The van der Waals surface area contributed by atoms with Crippen LogP contribution in [0.1, 0.15) is 77.0 Å². The number of benzene rings is 1. The summed E-state index contributed by atoms with van der Waals surface area (Å²) in [7, 11) is 0. The maximum absolute atomic E-state index is 13.6. The number of rotatable bonds is 10. The van der Waals surface area contributed by atoms with Crippen LogP contribution in [-0.2, 0) is 35.6 Å². The number of aliphatic hydroxyl groups excluding tert-OH is 1. The maximum atomic E-state index is 13.6. The van der Waals surface area contributed by atoms with Crippen LogP contribution in [0.5, 0.6) is 0 Å². The third-order valence-corrected chi connectivity index (χ3v) is 9.15. The van der Waals surface area contributed by atoms with Crippen molar-refractivity contribution in [1.29, 1.82) is 5.26 Å². The molecule has 0 unspecified atom stereocenters. The van der Waals surface area contributed by atoms with Gasteiger partial charge in [0.2, 0.25) is 0 Å². The fraction of sp³-hybridized carbons (Fsp3) is 0.543. The SMILES string of the molecule is CC(C)(C)OC(=O)N[C@@H](Cc1ccccc1)C(=O)OC[C@H]1C[C@@](C#N)(c2ccc3c(N)ncnn23)[C@H](O)[C@@H]1OC(=O)CC1CCCCC1. The number of carbonyl (C=O) groups is 3. The second kappa shape index (κ2) is 14.6. The second-order valence-electron chi connectivity index (χ2n) is 13.8. The van der Waals surface area contributed by atoms with Gasteiger partial charge in [-0.25, -0.2) is 19.1 Å². The number of anilines is 1. The highest BCUT2D eigenvalue weighted by Gasteiger charge is 2.58. The summed E-state index contributed by atoms with van der Waals surface area (Å²) in [5, 5.41) is 29.3. The Morgan fingerprint density at radius 2 is 1.88 bits per heavy atom. The first kappa shape index (κ1) is 34.6. The van der Waals surface area contributed by atoms with Crippen molar-refractivity contribution in [3.05, 3.63) is 60.0 Å². The predicted molar refractivity (Wildman–Crippen MR) is 174 cm³/mol. The minimum absolute atomic E-state index is 0.0157. The summed E-state index contributed by atoms with van der Waals surface area (Å²) in [4.78, 5) is 43.6. The minimum Gasteiger partial charge on any atom is -0.464 e. The van der Waals surface area contributed by atoms with Crippen LogP contribution in [-0.4, -0.2) is 68.2 Å². The predicted octanol–water partition coefficient (Wildman–Crippen LogP) is 4.02. The summed E-state index contributed by atoms with van der Waals surface area (Å²) in [6, 6.07) is 13.6. The van der Waals surface area contributed by atoms with E-state index in [1.807, 2.05) is 30.3 Å². The number of esters is 2. The van der Waals surface area contributed by atoms with Gasteiger partial charge in [-0.1, -0.05) is 49.6 Å². The lowest BCUT2D eigenvalue weighted by Gasteiger charge is -2.28. The lowest BCUT2D eigenvalue weighted by molar-refractivity contribution is -0.161. The van der Waals surface area contributed by atoms with Crippen LogP contribution in [0.4, 0.5) is 10.6 Å². The summed E-state index contributed by atoms with van der Waals surface area (Å²) in [6.07, 6.45) is 3.24. The third kappa shape index (κ3) is 7.87. The van der Waals surface area contributed by atoms with Gasteiger partial charge in [0.25, 0.3) is 0 Å². The van der Waals surface area contributed by atoms with E-state index >= 15 is 0 Å². The van der Waals surface area contributed by atoms with E-state index in [0.717, 1.165) is 37.7 Å². The van der Waals surface area contributed by atoms with Crippen molar-refractivity contribution in [2.24, 2.45) is 11.8 Å². The molecule has 5 atom stereocenters. The molecule has 0 radical (unpaired) electrons. The lowest BCUT2D eigenvalue weighted by atomic mass is 9.81. The molecule has 2 saturated carbocycles. The Balaban J connectivity index is 1.39. The molecule has 2 aliphatic carbocycles. The van der Waals surface area contributed by atoms with E-state index in [9.17, 15) is 24.8 Å². The number of aliphatic hydroxyl groups is 1. The molecule has 3 aromatic rings. The topological polar surface area (TPSA) is 191 Å². The van der Waals surface area contributed by atoms with E-state index in [4.69, 9.17) is 19.9 Å². The molecule has 4 N–H and O–H groups in total. The van der Waals surface area contributed by atoms with Crippen LogP contribution >= 0.6 is 0 Å². The molecule has 2 heterocycles. The normalized spacial score (nSPS) is 23.6. The first-order valence-corrected chi connectivity index (χ1v) is 16.5. The van der Waals surface area contributed by atoms with E-state index in [2.05, 4.69) is 21.5 Å². The van der Waals surface area contributed by atoms with Gasteiger partial charge in [0.1, 0.15) is 41.1 Å². The monoisotopic (exact) mass is 660 g/mol. The van der Waals surface area contributed by atoms with Crippen molar-refractivity contribution in [1.82, 2.24) is 19.9 Å². The number of hydrogen-bond donors (Lipinski definition) is 3. The number of ether oxygens (including phenoxy) is 3. The average Bonchev–Trinajstić information content (AvgIpc) is 3.60. The number of nitriles is 1. The van der Waals surface area contributed by atoms with Crippen molar-refractivity contribution in [2.75, 3.05) is 12.3 Å². The number of nitrogen functional groups attached to an aromatic ring is 1. The highest BCUT2D eigenvalue weighted by atomic mass is 16.6. The van der Waals surface area contributed by atoms with Gasteiger partial charge in [-0.2, -0.15) is 10.4 Å².